The first-order valence-corrected chi connectivity index (χ1v) is 18.7. The minimum absolute atomic E-state index is 0. The van der Waals surface area contributed by atoms with Gasteiger partial charge >= 0.3 is 51.4 Å². The quantitative estimate of drug-likeness (QED) is 0.0483. The molecule has 59 heavy (non-hydrogen) atoms. The Morgan fingerprint density at radius 1 is 0.610 bits per heavy atom. The predicted molar refractivity (Wildman–Crippen MR) is 246 cm³/mol. The molecule has 0 amide bonds. The summed E-state index contributed by atoms with van der Waals surface area (Å²) in [6.45, 7) is 0. The fraction of sp³-hybridized carbons (Fsp3) is 0.0638. The van der Waals surface area contributed by atoms with Gasteiger partial charge in [0.25, 0.3) is 0 Å². The minimum Gasteiger partial charge on any atom is -0.870 e. The van der Waals surface area contributed by atoms with Crippen LogP contribution in [0.1, 0.15) is 28.9 Å². The van der Waals surface area contributed by atoms with Crippen molar-refractivity contribution in [1.82, 2.24) is 9.97 Å². The van der Waals surface area contributed by atoms with Gasteiger partial charge in [-0.1, -0.05) is 130 Å². The van der Waals surface area contributed by atoms with E-state index in [2.05, 4.69) is 44.0 Å². The van der Waals surface area contributed by atoms with E-state index in [9.17, 15) is 4.79 Å². The summed E-state index contributed by atoms with van der Waals surface area (Å²) < 4.78 is 12.3. The molecule has 12 heteroatoms. The number of nitrogens with one attached hydrogen (secondary N) is 1. The van der Waals surface area contributed by atoms with Gasteiger partial charge in [0, 0.05) is 36.8 Å². The molecule has 0 saturated carbocycles. The van der Waals surface area contributed by atoms with Crippen molar-refractivity contribution in [2.24, 2.45) is 5.73 Å². The number of halogens is 3. The van der Waals surface area contributed by atoms with Gasteiger partial charge in [0.15, 0.2) is 11.6 Å². The number of allylic oxidation sites excluding steroid dienone is 1. The molecular formula is C47H44Br2ClKN4O4. The number of ketones is 1. The van der Waals surface area contributed by atoms with Gasteiger partial charge < -0.3 is 20.7 Å². The molecule has 0 aliphatic rings. The van der Waals surface area contributed by atoms with Gasteiger partial charge in [0.2, 0.25) is 0 Å². The number of methoxy groups -OCH3 is 2. The largest absolute Gasteiger partial charge is 1.00 e. The maximum Gasteiger partial charge on any atom is 1.00 e. The van der Waals surface area contributed by atoms with Crippen LogP contribution in [0.5, 0.6) is 11.5 Å². The molecule has 1 heterocycles. The number of aromatic nitrogens is 2. The number of amidine groups is 1. The second kappa shape index (κ2) is 27.5. The summed E-state index contributed by atoms with van der Waals surface area (Å²) in [6, 6.07) is 52.2. The van der Waals surface area contributed by atoms with E-state index in [4.69, 9.17) is 30.6 Å². The molecule has 0 radical (unpaired) electrons. The second-order valence-corrected chi connectivity index (χ2v) is 13.7. The first-order chi connectivity index (χ1) is 26.7. The maximum absolute atomic E-state index is 11.9. The molecule has 4 N–H and O–H groups in total. The molecule has 6 aromatic carbocycles. The first-order valence-electron chi connectivity index (χ1n) is 17.1. The molecule has 1 aromatic heterocycles. The molecule has 0 unspecified atom stereocenters. The number of nitrogen functional groups attached to an aromatic ring is 1. The number of carbonyl (C=O) groups excluding carboxylic acids is 1. The van der Waals surface area contributed by atoms with Crippen molar-refractivity contribution in [3.63, 3.8) is 0 Å². The van der Waals surface area contributed by atoms with E-state index in [-0.39, 0.29) is 88.3 Å². The Labute approximate surface area is 412 Å². The summed E-state index contributed by atoms with van der Waals surface area (Å²) in [7, 11) is 3.29. The van der Waals surface area contributed by atoms with Crippen LogP contribution in [0.25, 0.3) is 40.0 Å². The average molecular weight is 963 g/mol. The fourth-order valence-corrected chi connectivity index (χ4v) is 5.59. The number of ether oxygens (including phenoxy) is 2. The maximum atomic E-state index is 11.9. The summed E-state index contributed by atoms with van der Waals surface area (Å²) in [5.74, 6) is 2.45. The molecule has 0 saturated heterocycles. The zero-order valence-corrected chi connectivity index (χ0v) is 39.2. The van der Waals surface area contributed by atoms with Crippen molar-refractivity contribution < 1.29 is 71.1 Å². The Morgan fingerprint density at radius 2 is 1.03 bits per heavy atom. The molecule has 298 valence electrons. The molecule has 0 fully saturated rings. The molecular weight excluding hydrogens is 919 g/mol. The van der Waals surface area contributed by atoms with Crippen LogP contribution in [0.3, 0.4) is 0 Å². The zero-order chi connectivity index (χ0) is 39.0. The zero-order valence-electron chi connectivity index (χ0n) is 32.1. The Morgan fingerprint density at radius 3 is 1.47 bits per heavy atom. The summed E-state index contributed by atoms with van der Waals surface area (Å²) in [4.78, 5) is 21.5. The topological polar surface area (TPSA) is 141 Å². The van der Waals surface area contributed by atoms with Crippen molar-refractivity contribution in [3.8, 4) is 45.4 Å². The first kappa shape index (κ1) is 52.7. The molecule has 8 nitrogen and oxygen atoms in total. The summed E-state index contributed by atoms with van der Waals surface area (Å²) in [6.07, 6.45) is 3.37. The van der Waals surface area contributed by atoms with Crippen LogP contribution in [-0.4, -0.2) is 41.3 Å². The fourth-order valence-electron chi connectivity index (χ4n) is 5.06. The number of nitrogens with two attached hydrogens (primary N) is 1. The second-order valence-electron chi connectivity index (χ2n) is 11.8. The van der Waals surface area contributed by atoms with Crippen LogP contribution >= 0.6 is 44.3 Å². The van der Waals surface area contributed by atoms with Crippen molar-refractivity contribution in [1.29, 1.82) is 5.41 Å². The van der Waals surface area contributed by atoms with Gasteiger partial charge in [-0.05, 0) is 90.5 Å². The van der Waals surface area contributed by atoms with Gasteiger partial charge in [0.05, 0.1) is 25.6 Å². The summed E-state index contributed by atoms with van der Waals surface area (Å²) in [5.41, 5.74) is 12.4. The van der Waals surface area contributed by atoms with Crippen LogP contribution in [-0.2, 0) is 0 Å². The SMILES string of the molecule is C.COc1ccc(-c2cc(-c3ccc(Br)cc3)nc(-c3ccccc3)n2)cc1.COc1ccc(/C=C/C(=O)c2ccc(Br)cc2)cc1.Cl.N=C(N)c1ccccc1.[K+].[OH-]. The molecule has 7 aromatic rings. The number of hydrogen-bond acceptors (Lipinski definition) is 7. The van der Waals surface area contributed by atoms with Gasteiger partial charge in [-0.15, -0.1) is 12.4 Å². The van der Waals surface area contributed by atoms with E-state index in [1.165, 1.54) is 0 Å². The monoisotopic (exact) mass is 960 g/mol. The van der Waals surface area contributed by atoms with Crippen LogP contribution in [0.2, 0.25) is 0 Å². The average Bonchev–Trinajstić information content (AvgIpc) is 3.24. The summed E-state index contributed by atoms with van der Waals surface area (Å²) in [5, 5.41) is 7.01. The number of benzene rings is 6. The van der Waals surface area contributed by atoms with Crippen LogP contribution in [0, 0.1) is 5.41 Å². The standard InChI is InChI=1S/C23H17BrN2O.C16H13BrO2.C7H8N2.CH4.ClH.K.H2O/c1-27-20-13-9-17(10-14-20)22-15-21(16-7-11-19(24)12-8-16)25-23(26-22)18-5-3-2-4-6-18;1-19-15-9-2-12(3-10-15)4-11-16(18)13-5-7-14(17)8-6-13;8-7(9)6-4-2-1-3-5-6;;;;/h2-15H,1H3;2-11H,1H3;1-5H,(H3,8,9);1H4;1H;;1H2/q;;;;;+1;/p-1/b;11-4+;;;;;. The minimum atomic E-state index is -0.0108. The van der Waals surface area contributed by atoms with Gasteiger partial charge in [0.1, 0.15) is 17.3 Å². The van der Waals surface area contributed by atoms with Crippen molar-refractivity contribution >= 4 is 62.0 Å². The number of hydrogen-bond donors (Lipinski definition) is 2. The van der Waals surface area contributed by atoms with E-state index >= 15 is 0 Å². The van der Waals surface area contributed by atoms with Gasteiger partial charge in [-0.3, -0.25) is 10.2 Å². The van der Waals surface area contributed by atoms with Crippen LogP contribution < -0.4 is 66.6 Å². The number of nitrogens with zero attached hydrogens (tertiary/aromatic N) is 2. The third-order valence-electron chi connectivity index (χ3n) is 8.04. The van der Waals surface area contributed by atoms with Crippen LogP contribution in [0.15, 0.2) is 179 Å². The van der Waals surface area contributed by atoms with Gasteiger partial charge in [-0.25, -0.2) is 9.97 Å². The predicted octanol–water partition coefficient (Wildman–Crippen LogP) is 9.46. The Bertz CT molecular complexity index is 2340. The Hall–Kier alpha value is -4.27. The third kappa shape index (κ3) is 16.7. The van der Waals surface area contributed by atoms with Crippen LogP contribution in [0.4, 0.5) is 0 Å². The Kier molecular flexibility index (Phi) is 24.6. The normalized spacial score (nSPS) is 9.63. The van der Waals surface area contributed by atoms with Crippen molar-refractivity contribution in [3.05, 3.63) is 196 Å². The third-order valence-corrected chi connectivity index (χ3v) is 9.10. The number of carbonyl (C=O) groups is 1. The summed E-state index contributed by atoms with van der Waals surface area (Å²) >= 11 is 6.83. The van der Waals surface area contributed by atoms with Crippen molar-refractivity contribution in [2.75, 3.05) is 14.2 Å². The molecule has 0 aliphatic carbocycles. The van der Waals surface area contributed by atoms with E-state index in [0.717, 1.165) is 59.6 Å². The molecule has 0 aliphatic heterocycles. The molecule has 0 atom stereocenters. The van der Waals surface area contributed by atoms with E-state index in [0.29, 0.717) is 11.4 Å². The Balaban J connectivity index is 0.000000477. The van der Waals surface area contributed by atoms with E-state index in [1.54, 1.807) is 38.5 Å². The molecule has 7 rings (SSSR count). The van der Waals surface area contributed by atoms with E-state index < -0.39 is 0 Å². The smallest absolute Gasteiger partial charge is 0.870 e. The number of rotatable bonds is 9. The van der Waals surface area contributed by atoms with E-state index in [1.807, 2.05) is 140 Å². The molecule has 0 bridgehead atoms. The van der Waals surface area contributed by atoms with Gasteiger partial charge in [-0.2, -0.15) is 0 Å². The van der Waals surface area contributed by atoms with Crippen molar-refractivity contribution in [2.45, 2.75) is 7.43 Å². The molecule has 0 spiro atoms.